The molecule has 0 unspecified atom stereocenters. The second-order valence-corrected chi connectivity index (χ2v) is 6.92. The Kier molecular flexibility index (Phi) is 5.14. The number of hydrogen-bond acceptors (Lipinski definition) is 4. The Balaban J connectivity index is 1.51. The minimum atomic E-state index is -0.476. The van der Waals surface area contributed by atoms with Gasteiger partial charge in [-0.05, 0) is 61.0 Å². The number of carbonyl (C=O) groups excluding carboxylic acids is 1. The molecule has 0 saturated carbocycles. The maximum Gasteiger partial charge on any atom is 0.274 e. The Morgan fingerprint density at radius 1 is 1.21 bits per heavy atom. The van der Waals surface area contributed by atoms with E-state index in [0.29, 0.717) is 16.5 Å². The predicted octanol–water partition coefficient (Wildman–Crippen LogP) is 4.94. The van der Waals surface area contributed by atoms with Gasteiger partial charge in [0.15, 0.2) is 0 Å². The molecule has 2 heterocycles. The first-order valence-electron chi connectivity index (χ1n) is 8.81. The number of aromatic nitrogens is 3. The molecule has 1 N–H and O–H groups in total. The minimum absolute atomic E-state index is 0.0334. The number of rotatable bonds is 5. The molecule has 4 aromatic rings. The quantitative estimate of drug-likeness (QED) is 0.505. The van der Waals surface area contributed by atoms with Crippen LogP contribution in [0.3, 0.4) is 0 Å². The summed E-state index contributed by atoms with van der Waals surface area (Å²) in [5.74, 6) is -0.164. The summed E-state index contributed by atoms with van der Waals surface area (Å²) in [6.45, 7) is 1.75. The Labute approximate surface area is 170 Å². The highest BCUT2D eigenvalue weighted by atomic mass is 35.5. The Bertz CT molecular complexity index is 1170. The zero-order valence-electron chi connectivity index (χ0n) is 15.4. The maximum atomic E-state index is 14.0. The molecule has 0 bridgehead atoms. The van der Waals surface area contributed by atoms with Crippen LogP contribution in [0.2, 0.25) is 5.02 Å². The molecule has 146 valence electrons. The number of amides is 1. The minimum Gasteiger partial charge on any atom is -0.334 e. The number of hydrogen-bond donors (Lipinski definition) is 1. The molecule has 2 aromatic carbocycles. The fraction of sp³-hybridized carbons (Fsp3) is 0.0952. The van der Waals surface area contributed by atoms with E-state index in [1.54, 1.807) is 60.2 Å². The van der Waals surface area contributed by atoms with Crippen molar-refractivity contribution in [1.82, 2.24) is 14.7 Å². The van der Waals surface area contributed by atoms with Gasteiger partial charge in [0.25, 0.3) is 5.89 Å². The molecule has 4 rings (SSSR count). The van der Waals surface area contributed by atoms with Crippen molar-refractivity contribution in [2.45, 2.75) is 13.5 Å². The van der Waals surface area contributed by atoms with Crippen molar-refractivity contribution in [3.63, 3.8) is 0 Å². The highest BCUT2D eigenvalue weighted by Crippen LogP contribution is 2.24. The van der Waals surface area contributed by atoms with E-state index in [0.717, 1.165) is 11.1 Å². The lowest BCUT2D eigenvalue weighted by molar-refractivity contribution is -0.116. The third kappa shape index (κ3) is 4.20. The standard InChI is InChI=1S/C21H16ClFN4O2/c1-13-4-9-17(16(23)11-13)24-19(28)12-27-10-2-3-18(27)21-25-20(26-29-21)14-5-7-15(22)8-6-14/h2-11H,12H2,1H3,(H,24,28). The molecule has 6 nitrogen and oxygen atoms in total. The van der Waals surface area contributed by atoms with E-state index in [1.807, 2.05) is 0 Å². The molecule has 0 aliphatic carbocycles. The van der Waals surface area contributed by atoms with E-state index in [1.165, 1.54) is 12.1 Å². The summed E-state index contributed by atoms with van der Waals surface area (Å²) in [7, 11) is 0. The van der Waals surface area contributed by atoms with Gasteiger partial charge in [-0.1, -0.05) is 22.8 Å². The van der Waals surface area contributed by atoms with Gasteiger partial charge in [-0.2, -0.15) is 4.98 Å². The average molecular weight is 411 g/mol. The largest absolute Gasteiger partial charge is 0.334 e. The van der Waals surface area contributed by atoms with Crippen molar-refractivity contribution in [3.8, 4) is 23.0 Å². The third-order valence-corrected chi connectivity index (χ3v) is 4.54. The van der Waals surface area contributed by atoms with Gasteiger partial charge in [-0.15, -0.1) is 0 Å². The van der Waals surface area contributed by atoms with Crippen molar-refractivity contribution < 1.29 is 13.7 Å². The number of anilines is 1. The third-order valence-electron chi connectivity index (χ3n) is 4.29. The highest BCUT2D eigenvalue weighted by molar-refractivity contribution is 6.30. The summed E-state index contributed by atoms with van der Waals surface area (Å²) in [5, 5.41) is 7.18. The molecule has 2 aromatic heterocycles. The van der Waals surface area contributed by atoms with Crippen LogP contribution in [0.5, 0.6) is 0 Å². The zero-order chi connectivity index (χ0) is 20.4. The van der Waals surface area contributed by atoms with Gasteiger partial charge < -0.3 is 14.4 Å². The number of carbonyl (C=O) groups is 1. The molecule has 0 aliphatic rings. The van der Waals surface area contributed by atoms with Gasteiger partial charge in [-0.3, -0.25) is 4.79 Å². The molecule has 29 heavy (non-hydrogen) atoms. The monoisotopic (exact) mass is 410 g/mol. The summed E-state index contributed by atoms with van der Waals surface area (Å²) < 4.78 is 21.0. The van der Waals surface area contributed by atoms with Crippen LogP contribution in [0, 0.1) is 12.7 Å². The summed E-state index contributed by atoms with van der Waals surface area (Å²) in [4.78, 5) is 16.8. The first kappa shape index (κ1) is 18.9. The van der Waals surface area contributed by atoms with Crippen molar-refractivity contribution in [3.05, 3.63) is 77.2 Å². The maximum absolute atomic E-state index is 14.0. The van der Waals surface area contributed by atoms with Gasteiger partial charge in [-0.25, -0.2) is 4.39 Å². The lowest BCUT2D eigenvalue weighted by Gasteiger charge is -2.09. The van der Waals surface area contributed by atoms with Crippen molar-refractivity contribution in [1.29, 1.82) is 0 Å². The number of halogens is 2. The molecule has 0 spiro atoms. The van der Waals surface area contributed by atoms with E-state index in [2.05, 4.69) is 15.5 Å². The first-order valence-corrected chi connectivity index (χ1v) is 9.18. The summed E-state index contributed by atoms with van der Waals surface area (Å²) in [6, 6.07) is 15.2. The van der Waals surface area contributed by atoms with Gasteiger partial charge in [0.2, 0.25) is 11.7 Å². The van der Waals surface area contributed by atoms with Crippen LogP contribution >= 0.6 is 11.6 Å². The van der Waals surface area contributed by atoms with Crippen LogP contribution in [0.4, 0.5) is 10.1 Å². The van der Waals surface area contributed by atoms with E-state index >= 15 is 0 Å². The second-order valence-electron chi connectivity index (χ2n) is 6.48. The SMILES string of the molecule is Cc1ccc(NC(=O)Cn2cccc2-c2nc(-c3ccc(Cl)cc3)no2)c(F)c1. The van der Waals surface area contributed by atoms with Crippen molar-refractivity contribution >= 4 is 23.2 Å². The normalized spacial score (nSPS) is 10.9. The van der Waals surface area contributed by atoms with Crippen molar-refractivity contribution in [2.75, 3.05) is 5.32 Å². The molecule has 0 fully saturated rings. The van der Waals surface area contributed by atoms with E-state index < -0.39 is 5.82 Å². The van der Waals surface area contributed by atoms with Crippen LogP contribution in [-0.2, 0) is 11.3 Å². The molecule has 0 aliphatic heterocycles. The first-order chi connectivity index (χ1) is 14.0. The fourth-order valence-corrected chi connectivity index (χ4v) is 2.98. The summed E-state index contributed by atoms with van der Waals surface area (Å²) >= 11 is 5.90. The Morgan fingerprint density at radius 2 is 2.00 bits per heavy atom. The molecule has 0 atom stereocenters. The molecular formula is C21H16ClFN4O2. The topological polar surface area (TPSA) is 73.0 Å². The van der Waals surface area contributed by atoms with E-state index in [9.17, 15) is 9.18 Å². The molecule has 8 heteroatoms. The number of nitrogens with one attached hydrogen (secondary N) is 1. The zero-order valence-corrected chi connectivity index (χ0v) is 16.2. The number of nitrogens with zero attached hydrogens (tertiary/aromatic N) is 3. The number of benzene rings is 2. The Morgan fingerprint density at radius 3 is 2.76 bits per heavy atom. The van der Waals surface area contributed by atoms with E-state index in [4.69, 9.17) is 16.1 Å². The van der Waals surface area contributed by atoms with Crippen LogP contribution in [0.1, 0.15) is 5.56 Å². The average Bonchev–Trinajstić information content (AvgIpc) is 3.34. The summed E-state index contributed by atoms with van der Waals surface area (Å²) in [5.41, 5.74) is 2.26. The van der Waals surface area contributed by atoms with Crippen LogP contribution in [-0.4, -0.2) is 20.6 Å². The predicted molar refractivity (Wildman–Crippen MR) is 108 cm³/mol. The molecule has 0 radical (unpaired) electrons. The molecule has 0 saturated heterocycles. The van der Waals surface area contributed by atoms with Gasteiger partial charge >= 0.3 is 0 Å². The van der Waals surface area contributed by atoms with Crippen LogP contribution < -0.4 is 5.32 Å². The van der Waals surface area contributed by atoms with Gasteiger partial charge in [0.1, 0.15) is 18.1 Å². The van der Waals surface area contributed by atoms with Crippen molar-refractivity contribution in [2.24, 2.45) is 0 Å². The highest BCUT2D eigenvalue weighted by Gasteiger charge is 2.16. The molecule has 1 amide bonds. The Hall–Kier alpha value is -3.45. The lowest BCUT2D eigenvalue weighted by Crippen LogP contribution is -2.19. The smallest absolute Gasteiger partial charge is 0.274 e. The van der Waals surface area contributed by atoms with Crippen LogP contribution in [0.15, 0.2) is 65.3 Å². The number of aryl methyl sites for hydroxylation is 1. The molecular weight excluding hydrogens is 395 g/mol. The second kappa shape index (κ2) is 7.89. The van der Waals surface area contributed by atoms with E-state index in [-0.39, 0.29) is 24.0 Å². The van der Waals surface area contributed by atoms with Gasteiger partial charge in [0, 0.05) is 16.8 Å². The van der Waals surface area contributed by atoms with Gasteiger partial charge in [0.05, 0.1) is 5.69 Å². The lowest BCUT2D eigenvalue weighted by atomic mass is 10.2. The summed E-state index contributed by atoms with van der Waals surface area (Å²) in [6.07, 6.45) is 1.71. The fourth-order valence-electron chi connectivity index (χ4n) is 2.86. The van der Waals surface area contributed by atoms with Crippen LogP contribution in [0.25, 0.3) is 23.0 Å².